The lowest BCUT2D eigenvalue weighted by atomic mass is 9.99. The van der Waals surface area contributed by atoms with Crippen LogP contribution in [0.5, 0.6) is 0 Å². The Bertz CT molecular complexity index is 686. The third-order valence-corrected chi connectivity index (χ3v) is 4.70. The third-order valence-electron chi connectivity index (χ3n) is 3.70. The Morgan fingerprint density at radius 3 is 2.95 bits per heavy atom. The number of carboxylic acid groups (broad SMARTS) is 1. The Kier molecular flexibility index (Phi) is 3.73. The minimum Gasteiger partial charge on any atom is -0.480 e. The Morgan fingerprint density at radius 2 is 2.19 bits per heavy atom. The summed E-state index contributed by atoms with van der Waals surface area (Å²) in [5, 5.41) is 11.3. The maximum absolute atomic E-state index is 13.8. The van der Waals surface area contributed by atoms with Crippen molar-refractivity contribution in [3.63, 3.8) is 0 Å². The van der Waals surface area contributed by atoms with Crippen LogP contribution in [0.2, 0.25) is 0 Å². The number of rotatable bonds is 3. The fourth-order valence-corrected chi connectivity index (χ4v) is 3.62. The van der Waals surface area contributed by atoms with E-state index in [0.29, 0.717) is 6.54 Å². The molecule has 1 aliphatic heterocycles. The van der Waals surface area contributed by atoms with Crippen LogP contribution in [-0.4, -0.2) is 22.5 Å². The second kappa shape index (κ2) is 5.54. The van der Waals surface area contributed by atoms with Crippen molar-refractivity contribution in [3.05, 3.63) is 57.3 Å². The quantitative estimate of drug-likeness (QED) is 0.946. The van der Waals surface area contributed by atoms with Crippen LogP contribution >= 0.6 is 11.3 Å². The van der Waals surface area contributed by atoms with Gasteiger partial charge in [0.2, 0.25) is 0 Å². The molecule has 2 heterocycles. The van der Waals surface area contributed by atoms with Gasteiger partial charge in [0.25, 0.3) is 0 Å². The number of thiophene rings is 1. The maximum atomic E-state index is 13.8. The number of carbonyl (C=O) groups is 1. The number of benzene rings is 1. The van der Waals surface area contributed by atoms with Gasteiger partial charge >= 0.3 is 5.97 Å². The summed E-state index contributed by atoms with van der Waals surface area (Å²) in [5.41, 5.74) is 0.940. The summed E-state index contributed by atoms with van der Waals surface area (Å²) < 4.78 is 27.0. The molecular formula is C15H13F2NO2S. The number of hydrogen-bond donors (Lipinski definition) is 1. The second-order valence-corrected chi connectivity index (χ2v) is 5.97. The molecule has 0 radical (unpaired) electrons. The first-order valence-corrected chi connectivity index (χ1v) is 7.42. The summed E-state index contributed by atoms with van der Waals surface area (Å²) in [4.78, 5) is 14.3. The minimum absolute atomic E-state index is 0.0792. The molecule has 110 valence electrons. The fraction of sp³-hybridized carbons (Fsp3) is 0.267. The van der Waals surface area contributed by atoms with Crippen molar-refractivity contribution in [2.45, 2.75) is 19.0 Å². The molecule has 0 saturated heterocycles. The van der Waals surface area contributed by atoms with Crippen molar-refractivity contribution < 1.29 is 18.7 Å². The van der Waals surface area contributed by atoms with E-state index in [2.05, 4.69) is 0 Å². The van der Waals surface area contributed by atoms with E-state index in [1.807, 2.05) is 5.38 Å². The summed E-state index contributed by atoms with van der Waals surface area (Å²) in [6, 6.07) is 4.97. The fourth-order valence-electron chi connectivity index (χ4n) is 2.72. The summed E-state index contributed by atoms with van der Waals surface area (Å²) in [6.07, 6.45) is 0.730. The molecule has 21 heavy (non-hydrogen) atoms. The molecule has 1 aromatic heterocycles. The van der Waals surface area contributed by atoms with Crippen LogP contribution in [0.1, 0.15) is 22.0 Å². The Hall–Kier alpha value is -1.79. The number of fused-ring (bicyclic) bond motifs is 1. The second-order valence-electron chi connectivity index (χ2n) is 4.97. The minimum atomic E-state index is -0.967. The van der Waals surface area contributed by atoms with Crippen molar-refractivity contribution in [2.75, 3.05) is 6.54 Å². The summed E-state index contributed by atoms with van der Waals surface area (Å²) >= 11 is 1.54. The zero-order valence-corrected chi connectivity index (χ0v) is 11.9. The van der Waals surface area contributed by atoms with Gasteiger partial charge < -0.3 is 5.11 Å². The SMILES string of the molecule is O=C(O)C1c2ccsc2CCN1Cc1cccc(F)c1F. The zero-order chi connectivity index (χ0) is 15.0. The molecule has 0 fully saturated rings. The molecular weight excluding hydrogens is 296 g/mol. The predicted octanol–water partition coefficient (Wildman–Crippen LogP) is 3.21. The average Bonchev–Trinajstić information content (AvgIpc) is 2.91. The van der Waals surface area contributed by atoms with Crippen molar-refractivity contribution in [1.82, 2.24) is 4.90 Å². The van der Waals surface area contributed by atoms with Crippen LogP contribution in [0.3, 0.4) is 0 Å². The molecule has 1 N–H and O–H groups in total. The Balaban J connectivity index is 1.92. The van der Waals surface area contributed by atoms with Gasteiger partial charge in [-0.2, -0.15) is 0 Å². The van der Waals surface area contributed by atoms with Gasteiger partial charge in [-0.05, 0) is 29.5 Å². The molecule has 0 aliphatic carbocycles. The van der Waals surface area contributed by atoms with Crippen molar-refractivity contribution in [2.24, 2.45) is 0 Å². The first-order valence-electron chi connectivity index (χ1n) is 6.54. The predicted molar refractivity (Wildman–Crippen MR) is 75.2 cm³/mol. The van der Waals surface area contributed by atoms with E-state index in [0.717, 1.165) is 22.9 Å². The third kappa shape index (κ3) is 2.56. The lowest BCUT2D eigenvalue weighted by molar-refractivity contribution is -0.144. The van der Waals surface area contributed by atoms with Gasteiger partial charge in [-0.15, -0.1) is 11.3 Å². The highest BCUT2D eigenvalue weighted by Gasteiger charge is 2.34. The van der Waals surface area contributed by atoms with Gasteiger partial charge in [0.1, 0.15) is 6.04 Å². The first kappa shape index (κ1) is 14.2. The van der Waals surface area contributed by atoms with E-state index in [9.17, 15) is 18.7 Å². The summed E-state index contributed by atoms with van der Waals surface area (Å²) in [7, 11) is 0. The van der Waals surface area contributed by atoms with Gasteiger partial charge in [-0.25, -0.2) is 8.78 Å². The van der Waals surface area contributed by atoms with E-state index in [1.165, 1.54) is 23.5 Å². The Labute approximate surface area is 124 Å². The van der Waals surface area contributed by atoms with Crippen LogP contribution in [0.15, 0.2) is 29.6 Å². The lowest BCUT2D eigenvalue weighted by Crippen LogP contribution is -2.38. The highest BCUT2D eigenvalue weighted by Crippen LogP contribution is 2.34. The molecule has 3 rings (SSSR count). The number of carboxylic acids is 1. The monoisotopic (exact) mass is 309 g/mol. The van der Waals surface area contributed by atoms with Gasteiger partial charge in [-0.1, -0.05) is 12.1 Å². The summed E-state index contributed by atoms with van der Waals surface area (Å²) in [6.45, 7) is 0.594. The molecule has 1 atom stereocenters. The average molecular weight is 309 g/mol. The number of hydrogen-bond acceptors (Lipinski definition) is 3. The standard InChI is InChI=1S/C15H13F2NO2S/c16-11-3-1-2-9(13(11)17)8-18-6-4-12-10(5-7-21-12)14(18)15(19)20/h1-3,5,7,14H,4,6,8H2,(H,19,20). The smallest absolute Gasteiger partial charge is 0.325 e. The van der Waals surface area contributed by atoms with Gasteiger partial charge in [0.15, 0.2) is 11.6 Å². The van der Waals surface area contributed by atoms with Crippen molar-refractivity contribution >= 4 is 17.3 Å². The van der Waals surface area contributed by atoms with E-state index in [-0.39, 0.29) is 12.1 Å². The summed E-state index contributed by atoms with van der Waals surface area (Å²) in [5.74, 6) is -2.78. The normalized spacial score (nSPS) is 18.5. The van der Waals surface area contributed by atoms with E-state index in [1.54, 1.807) is 11.0 Å². The molecule has 0 amide bonds. The molecule has 1 unspecified atom stereocenters. The zero-order valence-electron chi connectivity index (χ0n) is 11.1. The molecule has 1 aliphatic rings. The van der Waals surface area contributed by atoms with Crippen molar-refractivity contribution in [3.8, 4) is 0 Å². The van der Waals surface area contributed by atoms with E-state index < -0.39 is 23.6 Å². The van der Waals surface area contributed by atoms with Crippen molar-refractivity contribution in [1.29, 1.82) is 0 Å². The van der Waals surface area contributed by atoms with E-state index >= 15 is 0 Å². The van der Waals surface area contributed by atoms with Crippen LogP contribution < -0.4 is 0 Å². The first-order chi connectivity index (χ1) is 10.1. The van der Waals surface area contributed by atoms with Gasteiger partial charge in [-0.3, -0.25) is 9.69 Å². The van der Waals surface area contributed by atoms with Crippen LogP contribution in [-0.2, 0) is 17.8 Å². The molecule has 0 saturated carbocycles. The molecule has 0 spiro atoms. The lowest BCUT2D eigenvalue weighted by Gasteiger charge is -2.33. The van der Waals surface area contributed by atoms with Gasteiger partial charge in [0, 0.05) is 23.5 Å². The maximum Gasteiger partial charge on any atom is 0.325 e. The topological polar surface area (TPSA) is 40.5 Å². The number of nitrogens with zero attached hydrogens (tertiary/aromatic N) is 1. The molecule has 0 bridgehead atoms. The largest absolute Gasteiger partial charge is 0.480 e. The molecule has 3 nitrogen and oxygen atoms in total. The highest BCUT2D eigenvalue weighted by atomic mass is 32.1. The van der Waals surface area contributed by atoms with Crippen LogP contribution in [0.25, 0.3) is 0 Å². The number of halogens is 2. The van der Waals surface area contributed by atoms with Crippen LogP contribution in [0.4, 0.5) is 8.78 Å². The highest BCUT2D eigenvalue weighted by molar-refractivity contribution is 7.10. The van der Waals surface area contributed by atoms with E-state index in [4.69, 9.17) is 0 Å². The Morgan fingerprint density at radius 1 is 1.38 bits per heavy atom. The molecule has 6 heteroatoms. The van der Waals surface area contributed by atoms with Gasteiger partial charge in [0.05, 0.1) is 0 Å². The van der Waals surface area contributed by atoms with Crippen LogP contribution in [0, 0.1) is 11.6 Å². The molecule has 1 aromatic carbocycles. The number of aliphatic carboxylic acids is 1. The molecule has 2 aromatic rings.